The highest BCUT2D eigenvalue weighted by Crippen LogP contribution is 2.23. The molecule has 0 amide bonds. The lowest BCUT2D eigenvalue weighted by atomic mass is 10.1. The summed E-state index contributed by atoms with van der Waals surface area (Å²) < 4.78 is 0.722. The molecule has 0 fully saturated rings. The van der Waals surface area contributed by atoms with E-state index in [1.54, 1.807) is 36.7 Å². The van der Waals surface area contributed by atoms with Crippen molar-refractivity contribution in [3.8, 4) is 11.4 Å². The fourth-order valence-electron chi connectivity index (χ4n) is 5.47. The number of hydrogen-bond donors (Lipinski definition) is 0. The van der Waals surface area contributed by atoms with Gasteiger partial charge in [0.1, 0.15) is 39.3 Å². The molecule has 44 heavy (non-hydrogen) atoms. The minimum atomic E-state index is -0.350. The number of carbonyl (C=O) groups excluding carboxylic acids is 2. The number of nitrogens with zero attached hydrogens (tertiary/aromatic N) is 4. The van der Waals surface area contributed by atoms with Crippen molar-refractivity contribution in [1.82, 2.24) is 9.97 Å². The van der Waals surface area contributed by atoms with Crippen LogP contribution in [0.1, 0.15) is 139 Å². The molecule has 0 saturated heterocycles. The number of aromatic nitrogens is 2. The molecular weight excluding hydrogens is 552 g/mol. The predicted octanol–water partition coefficient (Wildman–Crippen LogP) is 8.72. The van der Waals surface area contributed by atoms with E-state index in [2.05, 4.69) is 51.5 Å². The van der Waals surface area contributed by atoms with Crippen LogP contribution in [0.5, 0.6) is 0 Å². The topological polar surface area (TPSA) is 78.4 Å². The van der Waals surface area contributed by atoms with Gasteiger partial charge in [-0.25, -0.2) is 9.59 Å². The highest BCUT2D eigenvalue weighted by atomic mass is 16.7. The summed E-state index contributed by atoms with van der Waals surface area (Å²) in [5.41, 5.74) is 1.91. The van der Waals surface area contributed by atoms with Gasteiger partial charge in [-0.3, -0.25) is 19.6 Å². The Morgan fingerprint density at radius 1 is 0.523 bits per heavy atom. The van der Waals surface area contributed by atoms with Gasteiger partial charge in [0.05, 0.1) is 22.5 Å². The molecule has 8 heteroatoms. The molecule has 8 nitrogen and oxygen atoms in total. The zero-order valence-corrected chi connectivity index (χ0v) is 28.6. The van der Waals surface area contributed by atoms with Crippen molar-refractivity contribution in [1.29, 1.82) is 0 Å². The number of pyridine rings is 2. The molecule has 0 bridgehead atoms. The second-order valence-electron chi connectivity index (χ2n) is 12.2. The number of hydroxylamine groups is 6. The summed E-state index contributed by atoms with van der Waals surface area (Å²) in [6.45, 7) is 17.9. The van der Waals surface area contributed by atoms with Crippen LogP contribution in [0.15, 0.2) is 36.7 Å². The first-order chi connectivity index (χ1) is 21.3. The Labute approximate surface area is 267 Å². The lowest BCUT2D eigenvalue weighted by Crippen LogP contribution is -2.51. The second-order valence-corrected chi connectivity index (χ2v) is 12.2. The molecule has 2 heterocycles. The largest absolute Gasteiger partial charge is 0.397 e. The molecule has 2 rings (SSSR count). The summed E-state index contributed by atoms with van der Waals surface area (Å²) in [6, 6.07) is 6.83. The summed E-state index contributed by atoms with van der Waals surface area (Å²) in [6.07, 6.45) is 15.6. The molecule has 0 radical (unpaired) electrons. The molecule has 0 aromatic carbocycles. The van der Waals surface area contributed by atoms with Gasteiger partial charge in [-0.15, -0.1) is 9.29 Å². The van der Waals surface area contributed by atoms with Crippen molar-refractivity contribution in [3.63, 3.8) is 0 Å². The molecule has 0 N–H and O–H groups in total. The lowest BCUT2D eigenvalue weighted by molar-refractivity contribution is -1.09. The summed E-state index contributed by atoms with van der Waals surface area (Å²) in [5, 5.41) is 0. The van der Waals surface area contributed by atoms with E-state index >= 15 is 0 Å². The van der Waals surface area contributed by atoms with E-state index in [1.807, 2.05) is 0 Å². The molecule has 0 saturated carbocycles. The molecule has 0 unspecified atom stereocenters. The first kappa shape index (κ1) is 37.3. The minimum Gasteiger partial charge on any atom is -0.271 e. The van der Waals surface area contributed by atoms with Gasteiger partial charge in [0.2, 0.25) is 0 Å². The van der Waals surface area contributed by atoms with Crippen molar-refractivity contribution in [2.24, 2.45) is 0 Å². The number of carbonyl (C=O) groups is 2. The Kier molecular flexibility index (Phi) is 17.2. The Hall–Kier alpha value is -2.84. The van der Waals surface area contributed by atoms with E-state index in [9.17, 15) is 9.59 Å². The van der Waals surface area contributed by atoms with Gasteiger partial charge in [-0.1, -0.05) is 80.1 Å². The van der Waals surface area contributed by atoms with Gasteiger partial charge >= 0.3 is 11.9 Å². The molecule has 246 valence electrons. The third-order valence-electron chi connectivity index (χ3n) is 8.32. The number of rotatable bonds is 23. The van der Waals surface area contributed by atoms with Crippen LogP contribution >= 0.6 is 0 Å². The maximum absolute atomic E-state index is 13.6. The van der Waals surface area contributed by atoms with E-state index in [4.69, 9.17) is 9.68 Å². The first-order valence-corrected chi connectivity index (χ1v) is 17.4. The van der Waals surface area contributed by atoms with Gasteiger partial charge in [0.25, 0.3) is 0 Å². The minimum absolute atomic E-state index is 0.350. The van der Waals surface area contributed by atoms with Crippen molar-refractivity contribution in [2.45, 2.75) is 119 Å². The van der Waals surface area contributed by atoms with Gasteiger partial charge in [-0.2, -0.15) is 0 Å². The fourth-order valence-corrected chi connectivity index (χ4v) is 5.47. The van der Waals surface area contributed by atoms with Gasteiger partial charge in [0, 0.05) is 12.4 Å². The maximum atomic E-state index is 13.6. The molecule has 0 aliphatic heterocycles. The zero-order chi connectivity index (χ0) is 32.3. The maximum Gasteiger partial charge on any atom is 0.397 e. The zero-order valence-electron chi connectivity index (χ0n) is 28.6. The monoisotopic (exact) mass is 612 g/mol. The molecule has 0 aliphatic carbocycles. The Morgan fingerprint density at radius 2 is 0.795 bits per heavy atom. The van der Waals surface area contributed by atoms with Crippen molar-refractivity contribution >= 4 is 11.9 Å². The molecule has 0 atom stereocenters. The average molecular weight is 613 g/mol. The Balaban J connectivity index is 2.33. The Morgan fingerprint density at radius 3 is 1.05 bits per heavy atom. The molecule has 0 spiro atoms. The van der Waals surface area contributed by atoms with E-state index in [0.717, 1.165) is 116 Å². The summed E-state index contributed by atoms with van der Waals surface area (Å²) in [7, 11) is 0. The predicted molar refractivity (Wildman–Crippen MR) is 177 cm³/mol. The third kappa shape index (κ3) is 11.9. The van der Waals surface area contributed by atoms with Crippen LogP contribution in [0.3, 0.4) is 0 Å². The molecular formula is C36H60N4O4+2. The first-order valence-electron chi connectivity index (χ1n) is 17.4. The van der Waals surface area contributed by atoms with Crippen molar-refractivity contribution in [3.05, 3.63) is 47.8 Å². The average Bonchev–Trinajstić information content (AvgIpc) is 3.06. The van der Waals surface area contributed by atoms with Crippen LogP contribution in [0.4, 0.5) is 0 Å². The highest BCUT2D eigenvalue weighted by molar-refractivity contribution is 5.91. The summed E-state index contributed by atoms with van der Waals surface area (Å²) in [5.74, 6) is -0.699. The summed E-state index contributed by atoms with van der Waals surface area (Å²) in [4.78, 5) is 48.7. The SMILES string of the molecule is CCCC[N+](CCCC)(CCCC)OC(=O)c1ccnc(-c2cc(C(=O)O[N+](CCCC)(CCCC)CCCC)ccn2)c1. The number of hydrogen-bond acceptors (Lipinski definition) is 6. The summed E-state index contributed by atoms with van der Waals surface area (Å²) >= 11 is 0. The van der Waals surface area contributed by atoms with Gasteiger partial charge < -0.3 is 0 Å². The van der Waals surface area contributed by atoms with Crippen LogP contribution in [-0.2, 0) is 9.68 Å². The van der Waals surface area contributed by atoms with Gasteiger partial charge in [0.15, 0.2) is 0 Å². The van der Waals surface area contributed by atoms with Crippen LogP contribution in [0.2, 0.25) is 0 Å². The van der Waals surface area contributed by atoms with E-state index in [1.165, 1.54) is 0 Å². The van der Waals surface area contributed by atoms with Crippen molar-refractivity contribution in [2.75, 3.05) is 39.3 Å². The number of unbranched alkanes of at least 4 members (excludes halogenated alkanes) is 6. The van der Waals surface area contributed by atoms with E-state index in [-0.39, 0.29) is 11.9 Å². The van der Waals surface area contributed by atoms with E-state index in [0.29, 0.717) is 31.8 Å². The highest BCUT2D eigenvalue weighted by Gasteiger charge is 2.34. The van der Waals surface area contributed by atoms with Crippen LogP contribution in [-0.4, -0.2) is 70.5 Å². The van der Waals surface area contributed by atoms with Crippen LogP contribution in [0.25, 0.3) is 11.4 Å². The lowest BCUT2D eigenvalue weighted by Gasteiger charge is -2.35. The molecule has 2 aromatic rings. The van der Waals surface area contributed by atoms with Crippen molar-refractivity contribution < 1.29 is 28.6 Å². The third-order valence-corrected chi connectivity index (χ3v) is 8.32. The Bertz CT molecular complexity index is 992. The molecule has 2 aromatic heterocycles. The molecule has 0 aliphatic rings. The normalized spacial score (nSPS) is 11.9. The van der Waals surface area contributed by atoms with Gasteiger partial charge in [-0.05, 0) is 62.8 Å². The van der Waals surface area contributed by atoms with E-state index < -0.39 is 0 Å². The van der Waals surface area contributed by atoms with Crippen LogP contribution in [0, 0.1) is 0 Å². The quantitative estimate of drug-likeness (QED) is 0.0922. The second kappa shape index (κ2) is 20.2. The number of quaternary nitrogens is 2. The van der Waals surface area contributed by atoms with Crippen LogP contribution < -0.4 is 0 Å². The standard InChI is InChI=1S/C36H60N4O4/c1-7-13-23-39(24-14-8-2,25-15-9-3)43-35(41)31-19-21-37-33(29-31)34-30-32(20-22-38-34)36(42)44-40(26-16-10-4,27-17-11-5)28-18-12-6/h19-22,29-30H,7-18,23-28H2,1-6H3/q+2. The fraction of sp³-hybridized carbons (Fsp3) is 0.667. The smallest absolute Gasteiger partial charge is 0.271 e.